The summed E-state index contributed by atoms with van der Waals surface area (Å²) >= 11 is 0. The molecule has 0 saturated carbocycles. The van der Waals surface area contributed by atoms with Gasteiger partial charge in [0.15, 0.2) is 0 Å². The number of nitrogens with zero attached hydrogens (tertiary/aromatic N) is 5. The molecule has 7 nitrogen and oxygen atoms in total. The van der Waals surface area contributed by atoms with Crippen LogP contribution in [-0.2, 0) is 16.6 Å². The minimum absolute atomic E-state index is 0.0895. The summed E-state index contributed by atoms with van der Waals surface area (Å²) in [6, 6.07) is 0. The third kappa shape index (κ3) is 3.81. The Kier molecular flexibility index (Phi) is 4.96. The Morgan fingerprint density at radius 1 is 1.29 bits per heavy atom. The fourth-order valence-electron chi connectivity index (χ4n) is 3.05. The van der Waals surface area contributed by atoms with Gasteiger partial charge in [0.05, 0.1) is 30.0 Å². The maximum atomic E-state index is 11.8. The lowest BCUT2D eigenvalue weighted by atomic mass is 9.96. The van der Waals surface area contributed by atoms with E-state index in [9.17, 15) is 8.42 Å². The molecular weight excluding hydrogens is 326 g/mol. The van der Waals surface area contributed by atoms with Gasteiger partial charge in [0.25, 0.3) is 0 Å². The summed E-state index contributed by atoms with van der Waals surface area (Å²) in [6.07, 6.45) is 11.3. The number of sulfonamides is 1. The Balaban J connectivity index is 1.82. The second-order valence-electron chi connectivity index (χ2n) is 6.28. The highest BCUT2D eigenvalue weighted by Gasteiger charge is 2.28. The molecule has 130 valence electrons. The van der Waals surface area contributed by atoms with Crippen molar-refractivity contribution in [3.05, 3.63) is 30.5 Å². The molecule has 1 atom stereocenters. The van der Waals surface area contributed by atoms with E-state index in [2.05, 4.69) is 17.0 Å². The third-order valence-electron chi connectivity index (χ3n) is 4.31. The van der Waals surface area contributed by atoms with Crippen LogP contribution < -0.4 is 0 Å². The van der Waals surface area contributed by atoms with E-state index >= 15 is 0 Å². The van der Waals surface area contributed by atoms with Gasteiger partial charge in [-0.3, -0.25) is 9.67 Å². The van der Waals surface area contributed by atoms with Crippen LogP contribution in [0.2, 0.25) is 0 Å². The van der Waals surface area contributed by atoms with E-state index in [1.165, 1.54) is 10.6 Å². The van der Waals surface area contributed by atoms with Gasteiger partial charge in [-0.2, -0.15) is 5.10 Å². The van der Waals surface area contributed by atoms with Crippen LogP contribution in [0.5, 0.6) is 0 Å². The Morgan fingerprint density at radius 2 is 2.12 bits per heavy atom. The zero-order valence-electron chi connectivity index (χ0n) is 14.1. The minimum Gasteiger partial charge on any atom is -0.272 e. The first-order valence-electron chi connectivity index (χ1n) is 8.27. The zero-order valence-corrected chi connectivity index (χ0v) is 14.9. The molecule has 0 spiro atoms. The molecule has 1 fully saturated rings. The van der Waals surface area contributed by atoms with Crippen molar-refractivity contribution >= 4 is 10.0 Å². The fourth-order valence-corrected chi connectivity index (χ4v) is 3.96. The Hall–Kier alpha value is -1.80. The highest BCUT2D eigenvalue weighted by atomic mass is 32.2. The van der Waals surface area contributed by atoms with Gasteiger partial charge in [-0.05, 0) is 19.3 Å². The molecule has 0 aromatic carbocycles. The van der Waals surface area contributed by atoms with Gasteiger partial charge >= 0.3 is 0 Å². The quantitative estimate of drug-likeness (QED) is 0.823. The molecule has 0 aliphatic carbocycles. The first-order valence-corrected chi connectivity index (χ1v) is 10.1. The molecule has 0 amide bonds. The van der Waals surface area contributed by atoms with Crippen molar-refractivity contribution in [2.24, 2.45) is 0 Å². The van der Waals surface area contributed by atoms with Crippen molar-refractivity contribution in [3.63, 3.8) is 0 Å². The molecule has 3 heterocycles. The minimum atomic E-state index is -3.16. The van der Waals surface area contributed by atoms with Crippen molar-refractivity contribution in [2.45, 2.75) is 38.6 Å². The first kappa shape index (κ1) is 17.0. The highest BCUT2D eigenvalue weighted by Crippen LogP contribution is 2.28. The lowest BCUT2D eigenvalue weighted by Gasteiger charge is -2.30. The summed E-state index contributed by atoms with van der Waals surface area (Å²) in [5.74, 6) is 0.0895. The molecule has 1 aliphatic rings. The third-order valence-corrected chi connectivity index (χ3v) is 5.58. The number of piperidine rings is 1. The summed E-state index contributed by atoms with van der Waals surface area (Å²) in [5.41, 5.74) is 2.57. The Labute approximate surface area is 142 Å². The van der Waals surface area contributed by atoms with Crippen LogP contribution >= 0.6 is 0 Å². The molecule has 1 aliphatic heterocycles. The molecule has 24 heavy (non-hydrogen) atoms. The summed E-state index contributed by atoms with van der Waals surface area (Å²) in [7, 11) is -3.16. The van der Waals surface area contributed by atoms with Crippen molar-refractivity contribution in [2.75, 3.05) is 19.3 Å². The van der Waals surface area contributed by atoms with E-state index in [0.717, 1.165) is 42.8 Å². The van der Waals surface area contributed by atoms with Crippen LogP contribution in [0.4, 0.5) is 0 Å². The molecular formula is C16H23N5O2S. The average Bonchev–Trinajstić information content (AvgIpc) is 3.03. The van der Waals surface area contributed by atoms with Crippen LogP contribution in [-0.4, -0.2) is 51.8 Å². The second-order valence-corrected chi connectivity index (χ2v) is 8.26. The Bertz CT molecular complexity index is 802. The number of rotatable bonds is 5. The van der Waals surface area contributed by atoms with E-state index in [0.29, 0.717) is 13.1 Å². The number of hydrogen-bond donors (Lipinski definition) is 0. The monoisotopic (exact) mass is 349 g/mol. The van der Waals surface area contributed by atoms with E-state index in [1.807, 2.05) is 10.9 Å². The molecule has 0 bridgehead atoms. The molecule has 2 aromatic rings. The molecule has 8 heteroatoms. The van der Waals surface area contributed by atoms with E-state index in [1.54, 1.807) is 18.6 Å². The van der Waals surface area contributed by atoms with Gasteiger partial charge in [-0.1, -0.05) is 6.92 Å². The van der Waals surface area contributed by atoms with Gasteiger partial charge in [-0.15, -0.1) is 0 Å². The van der Waals surface area contributed by atoms with Crippen molar-refractivity contribution < 1.29 is 8.42 Å². The summed E-state index contributed by atoms with van der Waals surface area (Å²) in [4.78, 5) is 9.03. The predicted molar refractivity (Wildman–Crippen MR) is 91.9 cm³/mol. The molecule has 2 aromatic heterocycles. The molecule has 0 radical (unpaired) electrons. The van der Waals surface area contributed by atoms with E-state index in [4.69, 9.17) is 4.98 Å². The highest BCUT2D eigenvalue weighted by molar-refractivity contribution is 7.88. The number of hydrogen-bond acceptors (Lipinski definition) is 5. The van der Waals surface area contributed by atoms with Crippen molar-refractivity contribution in [3.8, 4) is 11.3 Å². The van der Waals surface area contributed by atoms with Gasteiger partial charge in [0.1, 0.15) is 0 Å². The zero-order chi connectivity index (χ0) is 17.2. The van der Waals surface area contributed by atoms with Crippen molar-refractivity contribution in [1.82, 2.24) is 24.1 Å². The summed E-state index contributed by atoms with van der Waals surface area (Å²) < 4.78 is 27.0. The largest absolute Gasteiger partial charge is 0.272 e. The van der Waals surface area contributed by atoms with Crippen LogP contribution in [0.15, 0.2) is 24.8 Å². The normalized spacial score (nSPS) is 19.5. The lowest BCUT2D eigenvalue weighted by Crippen LogP contribution is -2.38. The van der Waals surface area contributed by atoms with E-state index in [-0.39, 0.29) is 5.92 Å². The smallest absolute Gasteiger partial charge is 0.211 e. The number of aryl methyl sites for hydroxylation is 1. The van der Waals surface area contributed by atoms with Gasteiger partial charge in [-0.25, -0.2) is 17.7 Å². The first-order chi connectivity index (χ1) is 11.5. The standard InChI is InChI=1S/C16H23N5O2S/c1-3-6-20-11-14(8-18-20)16-10-17-9-15(19-16)13-5-4-7-21(12-13)24(2,22)23/h8-11,13H,3-7,12H2,1-2H3/t13-/m0/s1. The van der Waals surface area contributed by atoms with Gasteiger partial charge < -0.3 is 0 Å². The van der Waals surface area contributed by atoms with Gasteiger partial charge in [0, 0.05) is 43.5 Å². The summed E-state index contributed by atoms with van der Waals surface area (Å²) in [5, 5.41) is 4.33. The van der Waals surface area contributed by atoms with Crippen LogP contribution in [0.3, 0.4) is 0 Å². The maximum absolute atomic E-state index is 11.8. The molecule has 1 saturated heterocycles. The summed E-state index contributed by atoms with van der Waals surface area (Å²) in [6.45, 7) is 4.05. The fraction of sp³-hybridized carbons (Fsp3) is 0.562. The van der Waals surface area contributed by atoms with Crippen LogP contribution in [0.1, 0.15) is 37.8 Å². The van der Waals surface area contributed by atoms with Crippen LogP contribution in [0, 0.1) is 0 Å². The number of aromatic nitrogens is 4. The molecule has 0 N–H and O–H groups in total. The average molecular weight is 349 g/mol. The Morgan fingerprint density at radius 3 is 2.88 bits per heavy atom. The van der Waals surface area contributed by atoms with E-state index < -0.39 is 10.0 Å². The second kappa shape index (κ2) is 6.98. The van der Waals surface area contributed by atoms with Crippen LogP contribution in [0.25, 0.3) is 11.3 Å². The van der Waals surface area contributed by atoms with Crippen molar-refractivity contribution in [1.29, 1.82) is 0 Å². The SMILES string of the molecule is CCCn1cc(-c2cncc([C@H]3CCCN(S(C)(=O)=O)C3)n2)cn1. The van der Waals surface area contributed by atoms with Gasteiger partial charge in [0.2, 0.25) is 10.0 Å². The molecule has 3 rings (SSSR count). The topological polar surface area (TPSA) is 81.0 Å². The lowest BCUT2D eigenvalue weighted by molar-refractivity contribution is 0.314. The maximum Gasteiger partial charge on any atom is 0.211 e. The predicted octanol–water partition coefficient (Wildman–Crippen LogP) is 1.89. The molecule has 0 unspecified atom stereocenters.